The largest absolute Gasteiger partial charge is 0.467 e. The molecule has 1 heterocycles. The molecule has 2 rings (SSSR count). The van der Waals surface area contributed by atoms with E-state index in [-0.39, 0.29) is 18.7 Å². The van der Waals surface area contributed by atoms with E-state index in [1.807, 2.05) is 37.3 Å². The van der Waals surface area contributed by atoms with E-state index in [4.69, 9.17) is 9.52 Å². The van der Waals surface area contributed by atoms with E-state index in [1.54, 1.807) is 12.3 Å². The zero-order valence-corrected chi connectivity index (χ0v) is 12.0. The number of nitrogens with one attached hydrogen (secondary N) is 2. The number of hydrogen-bond donors (Lipinski definition) is 3. The SMILES string of the molecule is CC(NC(=O)NCCc1ccc(CO)cc1)c1ccco1. The van der Waals surface area contributed by atoms with Crippen LogP contribution in [0.3, 0.4) is 0 Å². The predicted octanol–water partition coefficient (Wildman–Crippen LogP) is 2.37. The van der Waals surface area contributed by atoms with E-state index in [2.05, 4.69) is 10.6 Å². The van der Waals surface area contributed by atoms with E-state index in [1.165, 1.54) is 0 Å². The standard InChI is InChI=1S/C16H20N2O3/c1-12(15-3-2-10-21-15)18-16(20)17-9-8-13-4-6-14(11-19)7-5-13/h2-7,10,12,19H,8-9,11H2,1H3,(H2,17,18,20). The maximum absolute atomic E-state index is 11.7. The Morgan fingerprint density at radius 1 is 1.24 bits per heavy atom. The molecule has 0 aliphatic carbocycles. The lowest BCUT2D eigenvalue weighted by atomic mass is 10.1. The first-order valence-corrected chi connectivity index (χ1v) is 6.95. The number of carbonyl (C=O) groups excluding carboxylic acids is 1. The molecular weight excluding hydrogens is 268 g/mol. The molecule has 5 heteroatoms. The van der Waals surface area contributed by atoms with Gasteiger partial charge in [-0.2, -0.15) is 0 Å². The van der Waals surface area contributed by atoms with Gasteiger partial charge in [0.15, 0.2) is 0 Å². The first-order chi connectivity index (χ1) is 10.2. The summed E-state index contributed by atoms with van der Waals surface area (Å²) in [4.78, 5) is 11.7. The smallest absolute Gasteiger partial charge is 0.315 e. The van der Waals surface area contributed by atoms with Crippen LogP contribution in [0.15, 0.2) is 47.1 Å². The number of urea groups is 1. The monoisotopic (exact) mass is 288 g/mol. The summed E-state index contributed by atoms with van der Waals surface area (Å²) in [6.07, 6.45) is 2.33. The van der Waals surface area contributed by atoms with Gasteiger partial charge >= 0.3 is 6.03 Å². The Bertz CT molecular complexity index is 549. The Hall–Kier alpha value is -2.27. The lowest BCUT2D eigenvalue weighted by molar-refractivity contribution is 0.236. The fraction of sp³-hybridized carbons (Fsp3) is 0.312. The molecule has 5 nitrogen and oxygen atoms in total. The number of amides is 2. The third-order valence-electron chi connectivity index (χ3n) is 3.22. The van der Waals surface area contributed by atoms with E-state index in [0.717, 1.165) is 23.3 Å². The van der Waals surface area contributed by atoms with E-state index >= 15 is 0 Å². The van der Waals surface area contributed by atoms with Gasteiger partial charge in [-0.15, -0.1) is 0 Å². The molecule has 0 bridgehead atoms. The van der Waals surface area contributed by atoms with Gasteiger partial charge in [-0.05, 0) is 36.6 Å². The minimum atomic E-state index is -0.217. The van der Waals surface area contributed by atoms with Crippen molar-refractivity contribution in [1.82, 2.24) is 10.6 Å². The molecule has 1 aromatic heterocycles. The lowest BCUT2D eigenvalue weighted by Crippen LogP contribution is -2.37. The molecule has 1 aromatic carbocycles. The number of aliphatic hydroxyl groups is 1. The second-order valence-corrected chi connectivity index (χ2v) is 4.86. The average Bonchev–Trinajstić information content (AvgIpc) is 3.02. The summed E-state index contributed by atoms with van der Waals surface area (Å²) in [5.74, 6) is 0.727. The summed E-state index contributed by atoms with van der Waals surface area (Å²) in [6, 6.07) is 10.9. The molecule has 2 amide bonds. The number of furan rings is 1. The van der Waals surface area contributed by atoms with Crippen molar-refractivity contribution in [3.63, 3.8) is 0 Å². The van der Waals surface area contributed by atoms with Crippen LogP contribution in [0.1, 0.15) is 29.9 Å². The van der Waals surface area contributed by atoms with E-state index in [9.17, 15) is 4.79 Å². The van der Waals surface area contributed by atoms with Gasteiger partial charge in [-0.25, -0.2) is 4.79 Å². The minimum absolute atomic E-state index is 0.0472. The molecule has 1 unspecified atom stereocenters. The van der Waals surface area contributed by atoms with Gasteiger partial charge in [0.05, 0.1) is 18.9 Å². The topological polar surface area (TPSA) is 74.5 Å². The van der Waals surface area contributed by atoms with Crippen LogP contribution in [0.2, 0.25) is 0 Å². The molecule has 0 aliphatic heterocycles. The Balaban J connectivity index is 1.71. The van der Waals surface area contributed by atoms with Crippen molar-refractivity contribution in [3.8, 4) is 0 Å². The minimum Gasteiger partial charge on any atom is -0.467 e. The van der Waals surface area contributed by atoms with Gasteiger partial charge in [0.2, 0.25) is 0 Å². The third kappa shape index (κ3) is 4.65. The van der Waals surface area contributed by atoms with Crippen LogP contribution < -0.4 is 10.6 Å². The van der Waals surface area contributed by atoms with E-state index < -0.39 is 0 Å². The predicted molar refractivity (Wildman–Crippen MR) is 79.7 cm³/mol. The molecule has 0 spiro atoms. The molecule has 3 N–H and O–H groups in total. The number of carbonyl (C=O) groups is 1. The van der Waals surface area contributed by atoms with Crippen molar-refractivity contribution in [2.45, 2.75) is 26.0 Å². The zero-order valence-electron chi connectivity index (χ0n) is 12.0. The van der Waals surface area contributed by atoms with Crippen molar-refractivity contribution in [3.05, 3.63) is 59.5 Å². The molecule has 0 saturated carbocycles. The first-order valence-electron chi connectivity index (χ1n) is 6.95. The van der Waals surface area contributed by atoms with Crippen LogP contribution in [0.25, 0.3) is 0 Å². The Morgan fingerprint density at radius 2 is 1.95 bits per heavy atom. The number of benzene rings is 1. The Kier molecular flexibility index (Phi) is 5.40. The molecule has 1 atom stereocenters. The molecule has 112 valence electrons. The molecule has 0 saturated heterocycles. The second kappa shape index (κ2) is 7.50. The van der Waals surface area contributed by atoms with Crippen LogP contribution in [-0.4, -0.2) is 17.7 Å². The molecular formula is C16H20N2O3. The van der Waals surface area contributed by atoms with Crippen LogP contribution in [0.4, 0.5) is 4.79 Å². The highest BCUT2D eigenvalue weighted by molar-refractivity contribution is 5.74. The quantitative estimate of drug-likeness (QED) is 0.764. The van der Waals surface area contributed by atoms with E-state index in [0.29, 0.717) is 6.54 Å². The fourth-order valence-corrected chi connectivity index (χ4v) is 1.99. The van der Waals surface area contributed by atoms with Gasteiger partial charge in [0.1, 0.15) is 5.76 Å². The number of rotatable bonds is 6. The van der Waals surface area contributed by atoms with Gasteiger partial charge < -0.3 is 20.2 Å². The summed E-state index contributed by atoms with van der Waals surface area (Å²) in [5, 5.41) is 14.6. The summed E-state index contributed by atoms with van der Waals surface area (Å²) >= 11 is 0. The van der Waals surface area contributed by atoms with Crippen LogP contribution in [-0.2, 0) is 13.0 Å². The van der Waals surface area contributed by atoms with Crippen molar-refractivity contribution in [2.24, 2.45) is 0 Å². The van der Waals surface area contributed by atoms with Crippen molar-refractivity contribution in [1.29, 1.82) is 0 Å². The summed E-state index contributed by atoms with van der Waals surface area (Å²) < 4.78 is 5.23. The second-order valence-electron chi connectivity index (χ2n) is 4.86. The normalized spacial score (nSPS) is 11.9. The van der Waals surface area contributed by atoms with Gasteiger partial charge in [-0.1, -0.05) is 24.3 Å². The molecule has 0 fully saturated rings. The highest BCUT2D eigenvalue weighted by Crippen LogP contribution is 2.11. The zero-order chi connectivity index (χ0) is 15.1. The molecule has 2 aromatic rings. The Morgan fingerprint density at radius 3 is 2.57 bits per heavy atom. The number of hydrogen-bond acceptors (Lipinski definition) is 3. The van der Waals surface area contributed by atoms with Gasteiger partial charge in [-0.3, -0.25) is 0 Å². The summed E-state index contributed by atoms with van der Waals surface area (Å²) in [7, 11) is 0. The third-order valence-corrected chi connectivity index (χ3v) is 3.22. The molecule has 0 aliphatic rings. The van der Waals surface area contributed by atoms with Crippen LogP contribution in [0, 0.1) is 0 Å². The van der Waals surface area contributed by atoms with Crippen molar-refractivity contribution < 1.29 is 14.3 Å². The molecule has 0 radical (unpaired) electrons. The maximum Gasteiger partial charge on any atom is 0.315 e. The van der Waals surface area contributed by atoms with Gasteiger partial charge in [0.25, 0.3) is 0 Å². The van der Waals surface area contributed by atoms with Gasteiger partial charge in [0, 0.05) is 6.54 Å². The maximum atomic E-state index is 11.7. The lowest BCUT2D eigenvalue weighted by Gasteiger charge is -2.12. The highest BCUT2D eigenvalue weighted by Gasteiger charge is 2.10. The Labute approximate surface area is 124 Å². The fourth-order valence-electron chi connectivity index (χ4n) is 1.99. The van der Waals surface area contributed by atoms with Crippen LogP contribution >= 0.6 is 0 Å². The van der Waals surface area contributed by atoms with Crippen molar-refractivity contribution in [2.75, 3.05) is 6.54 Å². The average molecular weight is 288 g/mol. The van der Waals surface area contributed by atoms with Crippen LogP contribution in [0.5, 0.6) is 0 Å². The molecule has 21 heavy (non-hydrogen) atoms. The first kappa shape index (κ1) is 15.1. The highest BCUT2D eigenvalue weighted by atomic mass is 16.3. The number of aliphatic hydroxyl groups excluding tert-OH is 1. The van der Waals surface area contributed by atoms with Crippen molar-refractivity contribution >= 4 is 6.03 Å². The summed E-state index contributed by atoms with van der Waals surface area (Å²) in [5.41, 5.74) is 2.00. The summed E-state index contributed by atoms with van der Waals surface area (Å²) in [6.45, 7) is 2.47.